The van der Waals surface area contributed by atoms with E-state index in [1.54, 1.807) is 13.2 Å². The van der Waals surface area contributed by atoms with Crippen molar-refractivity contribution in [3.8, 4) is 6.07 Å². The molecule has 0 radical (unpaired) electrons. The molecule has 1 heterocycles. The van der Waals surface area contributed by atoms with Gasteiger partial charge in [0, 0.05) is 20.2 Å². The molecule has 2 rings (SSSR count). The summed E-state index contributed by atoms with van der Waals surface area (Å²) in [6, 6.07) is 7.73. The zero-order valence-electron chi connectivity index (χ0n) is 10.0. The summed E-state index contributed by atoms with van der Waals surface area (Å²) in [5.74, 6) is 0. The van der Waals surface area contributed by atoms with Gasteiger partial charge in [-0.3, -0.25) is 0 Å². The summed E-state index contributed by atoms with van der Waals surface area (Å²) in [4.78, 5) is 2.23. The van der Waals surface area contributed by atoms with Gasteiger partial charge in [0.25, 0.3) is 0 Å². The number of anilines is 2. The van der Waals surface area contributed by atoms with Gasteiger partial charge < -0.3 is 15.4 Å². The average Bonchev–Trinajstić information content (AvgIpc) is 2.39. The van der Waals surface area contributed by atoms with Crippen LogP contribution in [0.2, 0.25) is 0 Å². The fraction of sp³-hybridized carbons (Fsp3) is 0.462. The summed E-state index contributed by atoms with van der Waals surface area (Å²) in [7, 11) is 1.75. The van der Waals surface area contributed by atoms with Gasteiger partial charge in [0.05, 0.1) is 23.0 Å². The molecule has 0 unspecified atom stereocenters. The first-order valence-electron chi connectivity index (χ1n) is 5.82. The number of piperidine rings is 1. The van der Waals surface area contributed by atoms with Gasteiger partial charge in [-0.05, 0) is 25.0 Å². The molecule has 0 aliphatic carbocycles. The quantitative estimate of drug-likeness (QED) is 0.788. The number of rotatable bonds is 2. The van der Waals surface area contributed by atoms with Crippen LogP contribution in [0.5, 0.6) is 0 Å². The fourth-order valence-corrected chi connectivity index (χ4v) is 2.26. The molecule has 17 heavy (non-hydrogen) atoms. The number of nitrogens with zero attached hydrogens (tertiary/aromatic N) is 2. The van der Waals surface area contributed by atoms with Crippen LogP contribution in [0.25, 0.3) is 0 Å². The largest absolute Gasteiger partial charge is 0.396 e. The molecular formula is C13H17N3O. The second-order valence-corrected chi connectivity index (χ2v) is 4.27. The second kappa shape index (κ2) is 5.07. The molecule has 1 aromatic carbocycles. The van der Waals surface area contributed by atoms with Crippen LogP contribution in [0, 0.1) is 11.3 Å². The highest BCUT2D eigenvalue weighted by atomic mass is 16.5. The van der Waals surface area contributed by atoms with Crippen molar-refractivity contribution in [1.29, 1.82) is 5.26 Å². The summed E-state index contributed by atoms with van der Waals surface area (Å²) in [5, 5.41) is 8.95. The van der Waals surface area contributed by atoms with Gasteiger partial charge in [0.15, 0.2) is 0 Å². The van der Waals surface area contributed by atoms with Crippen LogP contribution in [0.4, 0.5) is 11.4 Å². The van der Waals surface area contributed by atoms with E-state index in [1.165, 1.54) is 0 Å². The van der Waals surface area contributed by atoms with Gasteiger partial charge >= 0.3 is 0 Å². The normalized spacial score (nSPS) is 16.8. The number of nitrogens with two attached hydrogens (primary N) is 1. The maximum Gasteiger partial charge on any atom is 0.101 e. The Morgan fingerprint density at radius 3 is 2.71 bits per heavy atom. The van der Waals surface area contributed by atoms with E-state index in [1.807, 2.05) is 12.1 Å². The van der Waals surface area contributed by atoms with E-state index in [2.05, 4.69) is 11.0 Å². The molecule has 4 nitrogen and oxygen atoms in total. The van der Waals surface area contributed by atoms with Crippen molar-refractivity contribution in [3.63, 3.8) is 0 Å². The first kappa shape index (κ1) is 11.7. The molecular weight excluding hydrogens is 214 g/mol. The van der Waals surface area contributed by atoms with Crippen LogP contribution in [-0.4, -0.2) is 26.3 Å². The number of ether oxygens (including phenoxy) is 1. The van der Waals surface area contributed by atoms with Crippen molar-refractivity contribution in [2.75, 3.05) is 30.8 Å². The molecule has 1 saturated heterocycles. The smallest absolute Gasteiger partial charge is 0.101 e. The summed E-state index contributed by atoms with van der Waals surface area (Å²) in [6.07, 6.45) is 2.37. The lowest BCUT2D eigenvalue weighted by atomic mass is 10.1. The molecule has 0 spiro atoms. The Balaban J connectivity index is 2.16. The predicted molar refractivity (Wildman–Crippen MR) is 67.8 cm³/mol. The standard InChI is InChI=1S/C13H17N3O/c1-17-11-5-7-16(8-6-11)12-4-2-3-10(9-14)13(12)15/h2-4,11H,5-8,15H2,1H3. The van der Waals surface area contributed by atoms with Gasteiger partial charge in [0.2, 0.25) is 0 Å². The van der Waals surface area contributed by atoms with Crippen LogP contribution >= 0.6 is 0 Å². The molecule has 1 aromatic rings. The molecule has 4 heteroatoms. The van der Waals surface area contributed by atoms with E-state index in [0.29, 0.717) is 17.4 Å². The van der Waals surface area contributed by atoms with Crippen molar-refractivity contribution in [2.24, 2.45) is 0 Å². The van der Waals surface area contributed by atoms with E-state index >= 15 is 0 Å². The Labute approximate surface area is 102 Å². The second-order valence-electron chi connectivity index (χ2n) is 4.27. The fourth-order valence-electron chi connectivity index (χ4n) is 2.26. The molecule has 2 N–H and O–H groups in total. The molecule has 1 aliphatic heterocycles. The minimum absolute atomic E-state index is 0.353. The lowest BCUT2D eigenvalue weighted by molar-refractivity contribution is 0.0819. The maximum atomic E-state index is 8.95. The molecule has 1 aliphatic rings. The third kappa shape index (κ3) is 2.34. The Bertz CT molecular complexity index is 431. The van der Waals surface area contributed by atoms with Gasteiger partial charge in [0.1, 0.15) is 6.07 Å². The van der Waals surface area contributed by atoms with Crippen molar-refractivity contribution >= 4 is 11.4 Å². The third-order valence-corrected chi connectivity index (χ3v) is 3.32. The number of nitrogen functional groups attached to an aromatic ring is 1. The highest BCUT2D eigenvalue weighted by molar-refractivity contribution is 5.74. The first-order valence-corrected chi connectivity index (χ1v) is 5.82. The van der Waals surface area contributed by atoms with Crippen molar-refractivity contribution in [2.45, 2.75) is 18.9 Å². The van der Waals surface area contributed by atoms with Crippen LogP contribution in [0.3, 0.4) is 0 Å². The zero-order chi connectivity index (χ0) is 12.3. The summed E-state index contributed by atoms with van der Waals surface area (Å²) in [5.41, 5.74) is 8.11. The van der Waals surface area contributed by atoms with E-state index < -0.39 is 0 Å². The Morgan fingerprint density at radius 2 is 2.12 bits per heavy atom. The topological polar surface area (TPSA) is 62.3 Å². The summed E-state index contributed by atoms with van der Waals surface area (Å²) < 4.78 is 5.34. The first-order chi connectivity index (χ1) is 8.26. The zero-order valence-corrected chi connectivity index (χ0v) is 10.0. The lowest BCUT2D eigenvalue weighted by Crippen LogP contribution is -2.37. The van der Waals surface area contributed by atoms with Crippen molar-refractivity contribution < 1.29 is 4.74 Å². The van der Waals surface area contributed by atoms with Crippen LogP contribution in [-0.2, 0) is 4.74 Å². The molecule has 0 aromatic heterocycles. The van der Waals surface area contributed by atoms with Gasteiger partial charge in [-0.1, -0.05) is 6.07 Å². The number of benzene rings is 1. The molecule has 0 bridgehead atoms. The van der Waals surface area contributed by atoms with Gasteiger partial charge in [-0.25, -0.2) is 0 Å². The number of hydrogen-bond acceptors (Lipinski definition) is 4. The van der Waals surface area contributed by atoms with E-state index in [0.717, 1.165) is 31.6 Å². The Hall–Kier alpha value is -1.73. The maximum absolute atomic E-state index is 8.95. The molecule has 0 amide bonds. The number of methoxy groups -OCH3 is 1. The Morgan fingerprint density at radius 1 is 1.41 bits per heavy atom. The minimum Gasteiger partial charge on any atom is -0.396 e. The van der Waals surface area contributed by atoms with E-state index in [4.69, 9.17) is 15.7 Å². The number of nitriles is 1. The summed E-state index contributed by atoms with van der Waals surface area (Å²) >= 11 is 0. The van der Waals surface area contributed by atoms with Crippen LogP contribution in [0.1, 0.15) is 18.4 Å². The van der Waals surface area contributed by atoms with Crippen LogP contribution in [0.15, 0.2) is 18.2 Å². The SMILES string of the molecule is COC1CCN(c2cccc(C#N)c2N)CC1. The molecule has 0 saturated carbocycles. The average molecular weight is 231 g/mol. The molecule has 90 valence electrons. The summed E-state index contributed by atoms with van der Waals surface area (Å²) in [6.45, 7) is 1.86. The number of para-hydroxylation sites is 1. The highest BCUT2D eigenvalue weighted by Gasteiger charge is 2.20. The minimum atomic E-state index is 0.353. The van der Waals surface area contributed by atoms with Crippen molar-refractivity contribution in [3.05, 3.63) is 23.8 Å². The van der Waals surface area contributed by atoms with E-state index in [9.17, 15) is 0 Å². The highest BCUT2D eigenvalue weighted by Crippen LogP contribution is 2.29. The van der Waals surface area contributed by atoms with Crippen LogP contribution < -0.4 is 10.6 Å². The lowest BCUT2D eigenvalue weighted by Gasteiger charge is -2.33. The van der Waals surface area contributed by atoms with Gasteiger partial charge in [-0.2, -0.15) is 5.26 Å². The van der Waals surface area contributed by atoms with Crippen molar-refractivity contribution in [1.82, 2.24) is 0 Å². The predicted octanol–water partition coefficient (Wildman–Crippen LogP) is 1.76. The Kier molecular flexibility index (Phi) is 3.50. The van der Waals surface area contributed by atoms with Gasteiger partial charge in [-0.15, -0.1) is 0 Å². The molecule has 0 atom stereocenters. The van der Waals surface area contributed by atoms with E-state index in [-0.39, 0.29) is 0 Å². The monoisotopic (exact) mass is 231 g/mol. The molecule has 1 fully saturated rings. The third-order valence-electron chi connectivity index (χ3n) is 3.32. The number of hydrogen-bond donors (Lipinski definition) is 1.